The Morgan fingerprint density at radius 3 is 3.08 bits per heavy atom. The van der Waals surface area contributed by atoms with E-state index in [4.69, 9.17) is 11.6 Å². The molecule has 0 aliphatic carbocycles. The quantitative estimate of drug-likeness (QED) is 0.776. The van der Waals surface area contributed by atoms with Gasteiger partial charge >= 0.3 is 0 Å². The minimum Gasteiger partial charge on any atom is -0.314 e. The molecule has 7 heteroatoms. The van der Waals surface area contributed by atoms with E-state index in [2.05, 4.69) is 36.7 Å². The Morgan fingerprint density at radius 1 is 1.29 bits per heavy atom. The number of aromatic nitrogens is 3. The fraction of sp³-hybridized carbons (Fsp3) is 0.294. The lowest BCUT2D eigenvalue weighted by Gasteiger charge is -2.36. The van der Waals surface area contributed by atoms with Crippen LogP contribution in [-0.2, 0) is 6.54 Å². The zero-order valence-electron chi connectivity index (χ0n) is 13.1. The number of hydrogen-bond acceptors (Lipinski definition) is 4. The third kappa shape index (κ3) is 3.39. The van der Waals surface area contributed by atoms with Crippen LogP contribution >= 0.6 is 24.0 Å². The largest absolute Gasteiger partial charge is 0.314 e. The predicted octanol–water partition coefficient (Wildman–Crippen LogP) is 2.95. The molecule has 1 fully saturated rings. The Kier molecular flexibility index (Phi) is 5.36. The molecule has 126 valence electrons. The summed E-state index contributed by atoms with van der Waals surface area (Å²) in [7, 11) is 0. The van der Waals surface area contributed by atoms with Gasteiger partial charge < -0.3 is 5.32 Å². The van der Waals surface area contributed by atoms with Crippen molar-refractivity contribution < 1.29 is 0 Å². The minimum absolute atomic E-state index is 0. The number of nitrogens with one attached hydrogen (secondary N) is 1. The van der Waals surface area contributed by atoms with Crippen LogP contribution in [0, 0.1) is 0 Å². The van der Waals surface area contributed by atoms with E-state index in [1.54, 1.807) is 12.4 Å². The van der Waals surface area contributed by atoms with Crippen LogP contribution in [0.5, 0.6) is 0 Å². The third-order valence-corrected chi connectivity index (χ3v) is 4.58. The average molecular weight is 364 g/mol. The first-order chi connectivity index (χ1) is 11.3. The van der Waals surface area contributed by atoms with Gasteiger partial charge in [-0.05, 0) is 17.7 Å². The Hall–Kier alpha value is -1.66. The van der Waals surface area contributed by atoms with E-state index in [9.17, 15) is 0 Å². The minimum atomic E-state index is 0. The number of imidazole rings is 1. The molecule has 0 saturated carbocycles. The Morgan fingerprint density at radius 2 is 2.21 bits per heavy atom. The second-order valence-electron chi connectivity index (χ2n) is 5.80. The molecular weight excluding hydrogens is 345 g/mol. The average Bonchev–Trinajstić information content (AvgIpc) is 2.99. The van der Waals surface area contributed by atoms with Crippen molar-refractivity contribution in [2.75, 3.05) is 19.6 Å². The van der Waals surface area contributed by atoms with Crippen molar-refractivity contribution in [2.24, 2.45) is 0 Å². The number of nitrogens with zero attached hydrogens (tertiary/aromatic N) is 4. The SMILES string of the molecule is Cl.Clc1cccc(C2CNCCN2Cc2cnc3cnccn23)c1. The van der Waals surface area contributed by atoms with E-state index in [0.29, 0.717) is 6.04 Å². The molecule has 4 rings (SSSR count). The van der Waals surface area contributed by atoms with Gasteiger partial charge in [0, 0.05) is 49.6 Å². The van der Waals surface area contributed by atoms with Gasteiger partial charge in [-0.15, -0.1) is 12.4 Å². The van der Waals surface area contributed by atoms with Crippen molar-refractivity contribution in [3.63, 3.8) is 0 Å². The van der Waals surface area contributed by atoms with E-state index >= 15 is 0 Å². The van der Waals surface area contributed by atoms with Crippen LogP contribution in [0.25, 0.3) is 5.65 Å². The van der Waals surface area contributed by atoms with Crippen molar-refractivity contribution >= 4 is 29.7 Å². The van der Waals surface area contributed by atoms with Crippen LogP contribution in [0.15, 0.2) is 49.1 Å². The summed E-state index contributed by atoms with van der Waals surface area (Å²) in [6.45, 7) is 3.77. The Balaban J connectivity index is 0.00000169. The smallest absolute Gasteiger partial charge is 0.155 e. The van der Waals surface area contributed by atoms with Crippen LogP contribution in [0.4, 0.5) is 0 Å². The van der Waals surface area contributed by atoms with Gasteiger partial charge in [0.2, 0.25) is 0 Å². The summed E-state index contributed by atoms with van der Waals surface area (Å²) >= 11 is 6.17. The number of benzene rings is 1. The van der Waals surface area contributed by atoms with Gasteiger partial charge in [-0.25, -0.2) is 4.98 Å². The van der Waals surface area contributed by atoms with Crippen molar-refractivity contribution in [2.45, 2.75) is 12.6 Å². The molecule has 1 aromatic carbocycles. The van der Waals surface area contributed by atoms with Crippen LogP contribution < -0.4 is 5.32 Å². The van der Waals surface area contributed by atoms with Gasteiger partial charge in [-0.1, -0.05) is 23.7 Å². The molecule has 1 aliphatic rings. The molecule has 1 N–H and O–H groups in total. The fourth-order valence-corrected chi connectivity index (χ4v) is 3.40. The van der Waals surface area contributed by atoms with Gasteiger partial charge in [0.05, 0.1) is 18.1 Å². The summed E-state index contributed by atoms with van der Waals surface area (Å²) in [5.74, 6) is 0. The maximum atomic E-state index is 6.17. The second-order valence-corrected chi connectivity index (χ2v) is 6.24. The lowest BCUT2D eigenvalue weighted by atomic mass is 10.0. The normalized spacial score (nSPS) is 18.5. The second kappa shape index (κ2) is 7.49. The highest BCUT2D eigenvalue weighted by Crippen LogP contribution is 2.26. The van der Waals surface area contributed by atoms with E-state index in [-0.39, 0.29) is 12.4 Å². The summed E-state index contributed by atoms with van der Waals surface area (Å²) in [4.78, 5) is 11.0. The zero-order valence-corrected chi connectivity index (χ0v) is 14.7. The predicted molar refractivity (Wildman–Crippen MR) is 97.7 cm³/mol. The lowest BCUT2D eigenvalue weighted by molar-refractivity contribution is 0.151. The zero-order chi connectivity index (χ0) is 15.6. The molecule has 1 atom stereocenters. The van der Waals surface area contributed by atoms with Gasteiger partial charge in [-0.3, -0.25) is 14.3 Å². The molecule has 1 aliphatic heterocycles. The standard InChI is InChI=1S/C17H18ClN5.ClH/c18-14-3-1-2-13(8-14)16-10-19-4-6-22(16)12-15-9-21-17-11-20-5-7-23(15)17;/h1-3,5,7-9,11,16,19H,4,6,10,12H2;1H. The van der Waals surface area contributed by atoms with Crippen LogP contribution in [0.1, 0.15) is 17.3 Å². The van der Waals surface area contributed by atoms with E-state index in [0.717, 1.165) is 36.8 Å². The molecule has 3 heterocycles. The molecule has 2 aromatic heterocycles. The number of rotatable bonds is 3. The summed E-state index contributed by atoms with van der Waals surface area (Å²) in [5.41, 5.74) is 3.31. The van der Waals surface area contributed by atoms with E-state index in [1.807, 2.05) is 24.5 Å². The monoisotopic (exact) mass is 363 g/mol. The number of halogens is 2. The molecular formula is C17H19Cl2N5. The fourth-order valence-electron chi connectivity index (χ4n) is 3.20. The molecule has 5 nitrogen and oxygen atoms in total. The first kappa shape index (κ1) is 17.2. The molecule has 1 saturated heterocycles. The molecule has 0 amide bonds. The number of piperazine rings is 1. The molecule has 3 aromatic rings. The summed E-state index contributed by atoms with van der Waals surface area (Å²) < 4.78 is 2.10. The van der Waals surface area contributed by atoms with Gasteiger partial charge in [0.25, 0.3) is 0 Å². The van der Waals surface area contributed by atoms with Crippen molar-refractivity contribution in [3.8, 4) is 0 Å². The topological polar surface area (TPSA) is 45.5 Å². The molecule has 0 radical (unpaired) electrons. The van der Waals surface area contributed by atoms with Crippen LogP contribution in [0.3, 0.4) is 0 Å². The Labute approximate surface area is 152 Å². The van der Waals surface area contributed by atoms with Gasteiger partial charge in [0.15, 0.2) is 5.65 Å². The molecule has 0 spiro atoms. The Bertz CT molecular complexity index is 819. The summed E-state index contributed by atoms with van der Waals surface area (Å²) in [6.07, 6.45) is 7.49. The highest BCUT2D eigenvalue weighted by atomic mass is 35.5. The van der Waals surface area contributed by atoms with Gasteiger partial charge in [-0.2, -0.15) is 0 Å². The van der Waals surface area contributed by atoms with Gasteiger partial charge in [0.1, 0.15) is 0 Å². The molecule has 0 bridgehead atoms. The third-order valence-electron chi connectivity index (χ3n) is 4.35. The van der Waals surface area contributed by atoms with E-state index in [1.165, 1.54) is 11.3 Å². The molecule has 24 heavy (non-hydrogen) atoms. The highest BCUT2D eigenvalue weighted by Gasteiger charge is 2.24. The van der Waals surface area contributed by atoms with Crippen LogP contribution in [0.2, 0.25) is 5.02 Å². The number of hydrogen-bond donors (Lipinski definition) is 1. The van der Waals surface area contributed by atoms with Crippen molar-refractivity contribution in [1.82, 2.24) is 24.6 Å². The first-order valence-corrected chi connectivity index (χ1v) is 8.15. The highest BCUT2D eigenvalue weighted by molar-refractivity contribution is 6.30. The van der Waals surface area contributed by atoms with Crippen molar-refractivity contribution in [1.29, 1.82) is 0 Å². The van der Waals surface area contributed by atoms with E-state index < -0.39 is 0 Å². The summed E-state index contributed by atoms with van der Waals surface area (Å²) in [6, 6.07) is 8.46. The summed E-state index contributed by atoms with van der Waals surface area (Å²) in [5, 5.41) is 4.27. The van der Waals surface area contributed by atoms with Crippen molar-refractivity contribution in [3.05, 3.63) is 65.3 Å². The lowest BCUT2D eigenvalue weighted by Crippen LogP contribution is -2.45. The maximum Gasteiger partial charge on any atom is 0.155 e. The maximum absolute atomic E-state index is 6.17. The van der Waals surface area contributed by atoms with Crippen LogP contribution in [-0.4, -0.2) is 38.9 Å². The molecule has 1 unspecified atom stereocenters. The number of fused-ring (bicyclic) bond motifs is 1. The first-order valence-electron chi connectivity index (χ1n) is 7.77.